The number of hydrogen-bond donors (Lipinski definition) is 1. The first-order chi connectivity index (χ1) is 9.93. The van der Waals surface area contributed by atoms with Gasteiger partial charge in [-0.05, 0) is 63.0 Å². The van der Waals surface area contributed by atoms with Gasteiger partial charge in [-0.1, -0.05) is 12.1 Å². The van der Waals surface area contributed by atoms with E-state index in [4.69, 9.17) is 0 Å². The molecule has 21 heavy (non-hydrogen) atoms. The van der Waals surface area contributed by atoms with E-state index < -0.39 is 10.0 Å². The molecule has 4 nitrogen and oxygen atoms in total. The summed E-state index contributed by atoms with van der Waals surface area (Å²) >= 11 is 0. The van der Waals surface area contributed by atoms with Crippen LogP contribution in [0.1, 0.15) is 36.4 Å². The van der Waals surface area contributed by atoms with Crippen LogP contribution in [0.5, 0.6) is 0 Å². The molecule has 1 aromatic rings. The van der Waals surface area contributed by atoms with E-state index in [1.165, 1.54) is 11.1 Å². The quantitative estimate of drug-likeness (QED) is 0.622. The van der Waals surface area contributed by atoms with Crippen LogP contribution in [0.4, 0.5) is 5.69 Å². The van der Waals surface area contributed by atoms with E-state index in [1.54, 1.807) is 6.08 Å². The Kier molecular flexibility index (Phi) is 5.06. The van der Waals surface area contributed by atoms with Crippen molar-refractivity contribution in [3.05, 3.63) is 42.0 Å². The summed E-state index contributed by atoms with van der Waals surface area (Å²) in [6.45, 7) is 3.61. The number of benzene rings is 1. The molecule has 0 aliphatic heterocycles. The minimum atomic E-state index is -3.26. The average Bonchev–Trinajstić information content (AvgIpc) is 2.81. The number of aryl methyl sites for hydroxylation is 1. The van der Waals surface area contributed by atoms with E-state index in [0.29, 0.717) is 18.2 Å². The molecule has 0 bridgehead atoms. The van der Waals surface area contributed by atoms with Crippen molar-refractivity contribution in [2.24, 2.45) is 0 Å². The summed E-state index contributed by atoms with van der Waals surface area (Å²) in [7, 11) is 0.896. The highest BCUT2D eigenvalue weighted by atomic mass is 32.2. The minimum Gasteiger partial charge on any atom is -0.302 e. The summed E-state index contributed by atoms with van der Waals surface area (Å²) in [5.74, 6) is 0.135. The maximum absolute atomic E-state index is 12.0. The summed E-state index contributed by atoms with van der Waals surface area (Å²) in [6.07, 6.45) is 5.16. The van der Waals surface area contributed by atoms with Crippen LogP contribution in [-0.4, -0.2) is 33.2 Å². The Labute approximate surface area is 127 Å². The Morgan fingerprint density at radius 2 is 2.19 bits per heavy atom. The maximum Gasteiger partial charge on any atom is 0.232 e. The second-order valence-electron chi connectivity index (χ2n) is 5.78. The second kappa shape index (κ2) is 6.62. The standard InChI is InChI=1S/C16H24N2O2S/c1-4-5-6-11-21(19,20)17-14-8-9-15-13(12-14)7-10-16(15)18(2)3/h4,8-9,12,16-17H,1,5-7,10-11H2,2-3H3. The third-order valence-electron chi connectivity index (χ3n) is 3.91. The summed E-state index contributed by atoms with van der Waals surface area (Å²) in [5, 5.41) is 0. The van der Waals surface area contributed by atoms with Gasteiger partial charge in [0.25, 0.3) is 0 Å². The molecule has 0 aromatic heterocycles. The van der Waals surface area contributed by atoms with Gasteiger partial charge in [0.15, 0.2) is 0 Å². The van der Waals surface area contributed by atoms with Crippen molar-refractivity contribution in [2.75, 3.05) is 24.6 Å². The number of nitrogens with zero attached hydrogens (tertiary/aromatic N) is 1. The molecule has 0 radical (unpaired) electrons. The van der Waals surface area contributed by atoms with Gasteiger partial charge in [0.2, 0.25) is 10.0 Å². The van der Waals surface area contributed by atoms with Gasteiger partial charge in [0, 0.05) is 11.7 Å². The fourth-order valence-corrected chi connectivity index (χ4v) is 3.98. The summed E-state index contributed by atoms with van der Waals surface area (Å²) < 4.78 is 26.7. The van der Waals surface area contributed by atoms with Gasteiger partial charge < -0.3 is 4.90 Å². The number of sulfonamides is 1. The van der Waals surface area contributed by atoms with Gasteiger partial charge in [-0.15, -0.1) is 6.58 Å². The first-order valence-corrected chi connectivity index (χ1v) is 8.99. The molecule has 1 aliphatic carbocycles. The number of hydrogen-bond acceptors (Lipinski definition) is 3. The lowest BCUT2D eigenvalue weighted by molar-refractivity contribution is 0.299. The lowest BCUT2D eigenvalue weighted by atomic mass is 10.1. The largest absolute Gasteiger partial charge is 0.302 e. The number of anilines is 1. The highest BCUT2D eigenvalue weighted by molar-refractivity contribution is 7.92. The van der Waals surface area contributed by atoms with Crippen LogP contribution in [0, 0.1) is 0 Å². The molecule has 0 fully saturated rings. The van der Waals surface area contributed by atoms with Crippen molar-refractivity contribution < 1.29 is 8.42 Å². The summed E-state index contributed by atoms with van der Waals surface area (Å²) in [5.41, 5.74) is 3.24. The van der Waals surface area contributed by atoms with Crippen LogP contribution in [0.2, 0.25) is 0 Å². The normalized spacial score (nSPS) is 17.8. The molecule has 1 atom stereocenters. The molecule has 0 heterocycles. The third-order valence-corrected chi connectivity index (χ3v) is 5.28. The number of nitrogens with one attached hydrogen (secondary N) is 1. The Morgan fingerprint density at radius 3 is 2.86 bits per heavy atom. The van der Waals surface area contributed by atoms with Gasteiger partial charge in [0.1, 0.15) is 0 Å². The first kappa shape index (κ1) is 16.0. The molecule has 1 N–H and O–H groups in total. The average molecular weight is 308 g/mol. The van der Waals surface area contributed by atoms with Gasteiger partial charge in [0.05, 0.1) is 5.75 Å². The van der Waals surface area contributed by atoms with Crippen molar-refractivity contribution in [1.82, 2.24) is 4.90 Å². The van der Waals surface area contributed by atoms with E-state index in [1.807, 2.05) is 12.1 Å². The van der Waals surface area contributed by atoms with Crippen molar-refractivity contribution in [2.45, 2.75) is 31.7 Å². The topological polar surface area (TPSA) is 49.4 Å². The molecule has 0 spiro atoms. The summed E-state index contributed by atoms with van der Waals surface area (Å²) in [4.78, 5) is 2.21. The van der Waals surface area contributed by atoms with Crippen molar-refractivity contribution >= 4 is 15.7 Å². The fourth-order valence-electron chi connectivity index (χ4n) is 2.84. The van der Waals surface area contributed by atoms with Crippen molar-refractivity contribution in [3.63, 3.8) is 0 Å². The van der Waals surface area contributed by atoms with E-state index in [2.05, 4.69) is 36.4 Å². The van der Waals surface area contributed by atoms with Gasteiger partial charge in [-0.25, -0.2) is 8.42 Å². The molecular formula is C16H24N2O2S. The Morgan fingerprint density at radius 1 is 1.43 bits per heavy atom. The number of rotatable bonds is 7. The van der Waals surface area contributed by atoms with E-state index in [0.717, 1.165) is 19.3 Å². The third kappa shape index (κ3) is 4.08. The van der Waals surface area contributed by atoms with Gasteiger partial charge >= 0.3 is 0 Å². The lowest BCUT2D eigenvalue weighted by Gasteiger charge is -2.20. The molecule has 0 saturated carbocycles. The smallest absolute Gasteiger partial charge is 0.232 e. The van der Waals surface area contributed by atoms with Crippen molar-refractivity contribution in [1.29, 1.82) is 0 Å². The van der Waals surface area contributed by atoms with Crippen LogP contribution in [-0.2, 0) is 16.4 Å². The molecule has 0 amide bonds. The zero-order valence-electron chi connectivity index (χ0n) is 12.8. The Balaban J connectivity index is 2.08. The number of unbranched alkanes of at least 4 members (excludes halogenated alkanes) is 1. The number of allylic oxidation sites excluding steroid dienone is 1. The van der Waals surface area contributed by atoms with E-state index in [-0.39, 0.29) is 5.75 Å². The predicted molar refractivity (Wildman–Crippen MR) is 88.0 cm³/mol. The zero-order valence-corrected chi connectivity index (χ0v) is 13.6. The van der Waals surface area contributed by atoms with E-state index in [9.17, 15) is 8.42 Å². The molecule has 5 heteroatoms. The Hall–Kier alpha value is -1.33. The maximum atomic E-state index is 12.0. The SMILES string of the molecule is C=CCCCS(=O)(=O)Nc1ccc2c(c1)CCC2N(C)C. The van der Waals surface area contributed by atoms with Gasteiger partial charge in [-0.2, -0.15) is 0 Å². The number of fused-ring (bicyclic) bond motifs is 1. The molecule has 1 aromatic carbocycles. The molecule has 0 saturated heterocycles. The van der Waals surface area contributed by atoms with Crippen LogP contribution >= 0.6 is 0 Å². The first-order valence-electron chi connectivity index (χ1n) is 7.33. The monoisotopic (exact) mass is 308 g/mol. The van der Waals surface area contributed by atoms with Crippen LogP contribution < -0.4 is 4.72 Å². The molecule has 1 aliphatic rings. The summed E-state index contributed by atoms with van der Waals surface area (Å²) in [6, 6.07) is 6.34. The molecule has 1 unspecified atom stereocenters. The highest BCUT2D eigenvalue weighted by Gasteiger charge is 2.24. The van der Waals surface area contributed by atoms with Crippen LogP contribution in [0.25, 0.3) is 0 Å². The fraction of sp³-hybridized carbons (Fsp3) is 0.500. The minimum absolute atomic E-state index is 0.135. The highest BCUT2D eigenvalue weighted by Crippen LogP contribution is 2.35. The lowest BCUT2D eigenvalue weighted by Crippen LogP contribution is -2.18. The molecule has 2 rings (SSSR count). The predicted octanol–water partition coefficient (Wildman–Crippen LogP) is 2.94. The van der Waals surface area contributed by atoms with Crippen LogP contribution in [0.15, 0.2) is 30.9 Å². The zero-order chi connectivity index (χ0) is 15.5. The second-order valence-corrected chi connectivity index (χ2v) is 7.63. The van der Waals surface area contributed by atoms with Gasteiger partial charge in [-0.3, -0.25) is 4.72 Å². The van der Waals surface area contributed by atoms with Crippen LogP contribution in [0.3, 0.4) is 0 Å². The van der Waals surface area contributed by atoms with Crippen molar-refractivity contribution in [3.8, 4) is 0 Å². The Bertz CT molecular complexity index is 609. The molecule has 116 valence electrons. The molecular weight excluding hydrogens is 284 g/mol. The van der Waals surface area contributed by atoms with E-state index >= 15 is 0 Å².